The number of nitrogens with one attached hydrogen (secondary N) is 2. The first kappa shape index (κ1) is 19.2. The summed E-state index contributed by atoms with van der Waals surface area (Å²) in [6.07, 6.45) is -0.270. The van der Waals surface area contributed by atoms with Crippen LogP contribution in [0.5, 0.6) is 0 Å². The van der Waals surface area contributed by atoms with Crippen molar-refractivity contribution < 1.29 is 22.5 Å². The van der Waals surface area contributed by atoms with Crippen molar-refractivity contribution in [3.05, 3.63) is 77.7 Å². The Bertz CT molecular complexity index is 1130. The Morgan fingerprint density at radius 1 is 1.07 bits per heavy atom. The third-order valence-corrected chi connectivity index (χ3v) is 4.13. The van der Waals surface area contributed by atoms with Gasteiger partial charge in [-0.3, -0.25) is 9.78 Å². The van der Waals surface area contributed by atoms with Crippen LogP contribution in [-0.4, -0.2) is 36.4 Å². The van der Waals surface area contributed by atoms with E-state index in [4.69, 9.17) is 0 Å². The highest BCUT2D eigenvalue weighted by atomic mass is 19.4. The maximum atomic E-state index is 12.7. The van der Waals surface area contributed by atoms with Gasteiger partial charge in [-0.05, 0) is 23.3 Å². The number of rotatable bonds is 5. The van der Waals surface area contributed by atoms with E-state index >= 15 is 0 Å². The van der Waals surface area contributed by atoms with Gasteiger partial charge in [0.05, 0.1) is 12.2 Å². The lowest BCUT2D eigenvalue weighted by Crippen LogP contribution is -2.29. The molecular weight excluding hydrogens is 403 g/mol. The lowest BCUT2D eigenvalue weighted by atomic mass is 9.98. The first-order valence-corrected chi connectivity index (χ1v) is 8.49. The number of hydrogen-bond acceptors (Lipinski definition) is 7. The molecule has 0 spiro atoms. The quantitative estimate of drug-likeness (QED) is 0.514. The number of halogens is 3. The minimum absolute atomic E-state index is 0.108. The lowest BCUT2D eigenvalue weighted by molar-refractivity contribution is -0.159. The Balaban J connectivity index is 1.62. The fraction of sp³-hybridized carbons (Fsp3) is 0.111. The Morgan fingerprint density at radius 3 is 2.37 bits per heavy atom. The van der Waals surface area contributed by atoms with Crippen molar-refractivity contribution in [1.29, 1.82) is 0 Å². The standard InChI is InChI=1S/C18H12F3N7O2/c19-18(20,21)17-25-15(27-30-17)12-3-1-10(2-4-12)14(11-5-7-22-8-6-11)24-16(29)13-9-23-28-26-13/h1-9,14H,(H,24,29)(H,23,26,28). The van der Waals surface area contributed by atoms with E-state index in [-0.39, 0.29) is 11.5 Å². The van der Waals surface area contributed by atoms with E-state index in [1.807, 2.05) is 0 Å². The minimum Gasteiger partial charge on any atom is -0.340 e. The summed E-state index contributed by atoms with van der Waals surface area (Å²) < 4.78 is 42.2. The summed E-state index contributed by atoms with van der Waals surface area (Å²) in [6.45, 7) is 0. The molecular formula is C18H12F3N7O2. The molecule has 0 saturated heterocycles. The molecule has 1 unspecified atom stereocenters. The van der Waals surface area contributed by atoms with Crippen LogP contribution in [0, 0.1) is 0 Å². The molecule has 0 aliphatic carbocycles. The van der Waals surface area contributed by atoms with Crippen molar-refractivity contribution in [2.75, 3.05) is 0 Å². The molecule has 0 aliphatic rings. The number of benzene rings is 1. The summed E-state index contributed by atoms with van der Waals surface area (Å²) >= 11 is 0. The minimum atomic E-state index is -4.72. The van der Waals surface area contributed by atoms with Crippen LogP contribution in [0.4, 0.5) is 13.2 Å². The molecule has 1 aromatic carbocycles. The summed E-state index contributed by atoms with van der Waals surface area (Å²) in [5.74, 6) is -2.07. The second-order valence-electron chi connectivity index (χ2n) is 6.09. The van der Waals surface area contributed by atoms with Gasteiger partial charge in [0.25, 0.3) is 5.91 Å². The van der Waals surface area contributed by atoms with Crippen molar-refractivity contribution in [1.82, 2.24) is 35.9 Å². The summed E-state index contributed by atoms with van der Waals surface area (Å²) in [5.41, 5.74) is 1.85. The third kappa shape index (κ3) is 4.01. The zero-order valence-electron chi connectivity index (χ0n) is 15.0. The highest BCUT2D eigenvalue weighted by molar-refractivity contribution is 5.92. The van der Waals surface area contributed by atoms with Crippen LogP contribution < -0.4 is 5.32 Å². The van der Waals surface area contributed by atoms with E-state index in [0.29, 0.717) is 11.1 Å². The molecule has 12 heteroatoms. The van der Waals surface area contributed by atoms with Crippen LogP contribution in [0.1, 0.15) is 33.5 Å². The van der Waals surface area contributed by atoms with E-state index in [1.165, 1.54) is 18.3 Å². The van der Waals surface area contributed by atoms with E-state index in [1.54, 1.807) is 36.7 Å². The van der Waals surface area contributed by atoms with Crippen molar-refractivity contribution in [2.24, 2.45) is 0 Å². The number of hydrogen-bond donors (Lipinski definition) is 2. The van der Waals surface area contributed by atoms with Gasteiger partial charge in [-0.2, -0.15) is 33.6 Å². The molecule has 0 saturated carbocycles. The van der Waals surface area contributed by atoms with Crippen LogP contribution in [-0.2, 0) is 6.18 Å². The molecule has 0 bridgehead atoms. The van der Waals surface area contributed by atoms with Gasteiger partial charge in [-0.15, -0.1) is 0 Å². The Kier molecular flexibility index (Phi) is 4.96. The number of aromatic amines is 1. The number of H-pyrrole nitrogens is 1. The van der Waals surface area contributed by atoms with Gasteiger partial charge in [-0.25, -0.2) is 0 Å². The monoisotopic (exact) mass is 415 g/mol. The fourth-order valence-corrected chi connectivity index (χ4v) is 2.71. The average molecular weight is 415 g/mol. The molecule has 30 heavy (non-hydrogen) atoms. The number of carbonyl (C=O) groups excluding carboxylic acids is 1. The zero-order valence-corrected chi connectivity index (χ0v) is 15.0. The molecule has 3 heterocycles. The van der Waals surface area contributed by atoms with E-state index < -0.39 is 24.0 Å². The predicted molar refractivity (Wildman–Crippen MR) is 94.7 cm³/mol. The third-order valence-electron chi connectivity index (χ3n) is 4.13. The fourth-order valence-electron chi connectivity index (χ4n) is 2.71. The number of alkyl halides is 3. The molecule has 4 aromatic rings. The first-order chi connectivity index (χ1) is 14.4. The van der Waals surface area contributed by atoms with Crippen molar-refractivity contribution in [3.8, 4) is 11.4 Å². The summed E-state index contributed by atoms with van der Waals surface area (Å²) in [6, 6.07) is 9.27. The molecule has 0 radical (unpaired) electrons. The Labute approximate surface area is 166 Å². The average Bonchev–Trinajstić information content (AvgIpc) is 3.45. The van der Waals surface area contributed by atoms with Gasteiger partial charge in [-0.1, -0.05) is 29.4 Å². The predicted octanol–water partition coefficient (Wildman–Crippen LogP) is 2.79. The topological polar surface area (TPSA) is 122 Å². The summed E-state index contributed by atoms with van der Waals surface area (Å²) in [5, 5.41) is 15.9. The van der Waals surface area contributed by atoms with Gasteiger partial charge < -0.3 is 9.84 Å². The molecule has 1 amide bonds. The van der Waals surface area contributed by atoms with E-state index in [2.05, 4.69) is 40.4 Å². The van der Waals surface area contributed by atoms with Crippen LogP contribution >= 0.6 is 0 Å². The SMILES string of the molecule is O=C(NC(c1ccncc1)c1ccc(-c2noc(C(F)(F)F)n2)cc1)c1cn[nH]n1. The smallest absolute Gasteiger partial charge is 0.340 e. The normalized spacial score (nSPS) is 12.5. The van der Waals surface area contributed by atoms with Crippen LogP contribution in [0.2, 0.25) is 0 Å². The van der Waals surface area contributed by atoms with Gasteiger partial charge in [0.2, 0.25) is 5.82 Å². The Hall–Kier alpha value is -4.09. The highest BCUT2D eigenvalue weighted by Gasteiger charge is 2.38. The Morgan fingerprint density at radius 2 is 1.77 bits per heavy atom. The molecule has 3 aromatic heterocycles. The zero-order chi connectivity index (χ0) is 21.1. The van der Waals surface area contributed by atoms with E-state index in [0.717, 1.165) is 5.56 Å². The van der Waals surface area contributed by atoms with Gasteiger partial charge >= 0.3 is 12.1 Å². The molecule has 0 fully saturated rings. The summed E-state index contributed by atoms with van der Waals surface area (Å²) in [7, 11) is 0. The summed E-state index contributed by atoms with van der Waals surface area (Å²) in [4.78, 5) is 19.8. The number of aromatic nitrogens is 6. The number of carbonyl (C=O) groups is 1. The maximum Gasteiger partial charge on any atom is 0.471 e. The number of amides is 1. The highest BCUT2D eigenvalue weighted by Crippen LogP contribution is 2.30. The van der Waals surface area contributed by atoms with E-state index in [9.17, 15) is 18.0 Å². The van der Waals surface area contributed by atoms with Crippen molar-refractivity contribution in [3.63, 3.8) is 0 Å². The molecule has 1 atom stereocenters. The van der Waals surface area contributed by atoms with Gasteiger partial charge in [0, 0.05) is 18.0 Å². The number of nitrogens with zero attached hydrogens (tertiary/aromatic N) is 5. The maximum absolute atomic E-state index is 12.7. The van der Waals surface area contributed by atoms with Crippen LogP contribution in [0.15, 0.2) is 59.5 Å². The molecule has 0 aliphatic heterocycles. The molecule has 9 nitrogen and oxygen atoms in total. The second-order valence-corrected chi connectivity index (χ2v) is 6.09. The van der Waals surface area contributed by atoms with Gasteiger partial charge in [0.1, 0.15) is 0 Å². The van der Waals surface area contributed by atoms with Crippen LogP contribution in [0.25, 0.3) is 11.4 Å². The lowest BCUT2D eigenvalue weighted by Gasteiger charge is -2.19. The van der Waals surface area contributed by atoms with Crippen molar-refractivity contribution in [2.45, 2.75) is 12.2 Å². The first-order valence-electron chi connectivity index (χ1n) is 8.49. The second kappa shape index (κ2) is 7.73. The molecule has 2 N–H and O–H groups in total. The molecule has 4 rings (SSSR count). The van der Waals surface area contributed by atoms with Gasteiger partial charge in [0.15, 0.2) is 5.69 Å². The van der Waals surface area contributed by atoms with Crippen LogP contribution in [0.3, 0.4) is 0 Å². The molecule has 152 valence electrons. The largest absolute Gasteiger partial charge is 0.471 e. The van der Waals surface area contributed by atoms with Crippen molar-refractivity contribution >= 4 is 5.91 Å². The number of pyridine rings is 1.